The van der Waals surface area contributed by atoms with Crippen molar-refractivity contribution >= 4 is 23.6 Å². The summed E-state index contributed by atoms with van der Waals surface area (Å²) in [6, 6.07) is 5.37. The molecular formula is C18H22ClN5O2. The van der Waals surface area contributed by atoms with Gasteiger partial charge in [-0.25, -0.2) is 14.8 Å². The Labute approximate surface area is 157 Å². The molecule has 0 aliphatic carbocycles. The average molecular weight is 376 g/mol. The zero-order valence-corrected chi connectivity index (χ0v) is 15.7. The van der Waals surface area contributed by atoms with Crippen LogP contribution in [0.5, 0.6) is 5.75 Å². The molecule has 1 aliphatic rings. The van der Waals surface area contributed by atoms with Crippen molar-refractivity contribution in [3.8, 4) is 5.75 Å². The van der Waals surface area contributed by atoms with Crippen molar-refractivity contribution in [1.29, 1.82) is 0 Å². The van der Waals surface area contributed by atoms with Crippen LogP contribution in [0.3, 0.4) is 0 Å². The highest BCUT2D eigenvalue weighted by Gasteiger charge is 2.22. The number of aryl methyl sites for hydroxylation is 2. The predicted octanol–water partition coefficient (Wildman–Crippen LogP) is 2.61. The number of amides is 2. The second-order valence-electron chi connectivity index (χ2n) is 6.16. The Kier molecular flexibility index (Phi) is 5.78. The predicted molar refractivity (Wildman–Crippen MR) is 101 cm³/mol. The van der Waals surface area contributed by atoms with Crippen molar-refractivity contribution in [2.45, 2.75) is 13.8 Å². The second-order valence-corrected chi connectivity index (χ2v) is 6.54. The molecule has 1 aliphatic heterocycles. The van der Waals surface area contributed by atoms with Gasteiger partial charge in [-0.3, -0.25) is 0 Å². The van der Waals surface area contributed by atoms with E-state index in [4.69, 9.17) is 16.3 Å². The lowest BCUT2D eigenvalue weighted by Crippen LogP contribution is -2.52. The molecule has 0 radical (unpaired) electrons. The molecule has 0 bridgehead atoms. The Hall–Kier alpha value is -2.54. The molecule has 0 atom stereocenters. The monoisotopic (exact) mass is 375 g/mol. The molecule has 1 aromatic carbocycles. The standard InChI is InChI=1S/C18H22ClN5O2/c1-13-10-15(11-14(2)16(13)19)26-12-22-18(25)24-8-6-23(7-9-24)17-20-4-3-5-21-17/h3-5,10-11H,6-9,12H2,1-2H3,(H,22,25). The largest absolute Gasteiger partial charge is 0.473 e. The SMILES string of the molecule is Cc1cc(OCNC(=O)N2CCN(c3ncccn3)CC2)cc(C)c1Cl. The molecule has 7 nitrogen and oxygen atoms in total. The van der Waals surface area contributed by atoms with E-state index in [-0.39, 0.29) is 12.8 Å². The van der Waals surface area contributed by atoms with Gasteiger partial charge in [0.15, 0.2) is 6.73 Å². The summed E-state index contributed by atoms with van der Waals surface area (Å²) in [6.07, 6.45) is 3.44. The van der Waals surface area contributed by atoms with Gasteiger partial charge in [-0.05, 0) is 43.2 Å². The molecule has 2 aromatic rings. The number of piperazine rings is 1. The fraction of sp³-hybridized carbons (Fsp3) is 0.389. The van der Waals surface area contributed by atoms with Gasteiger partial charge < -0.3 is 19.9 Å². The van der Waals surface area contributed by atoms with E-state index in [9.17, 15) is 4.79 Å². The summed E-state index contributed by atoms with van der Waals surface area (Å²) in [5.41, 5.74) is 1.90. The van der Waals surface area contributed by atoms with Crippen LogP contribution in [0.15, 0.2) is 30.6 Å². The normalized spacial score (nSPS) is 14.3. The van der Waals surface area contributed by atoms with Gasteiger partial charge in [0.2, 0.25) is 5.95 Å². The fourth-order valence-corrected chi connectivity index (χ4v) is 2.96. The lowest BCUT2D eigenvalue weighted by molar-refractivity contribution is 0.181. The number of benzene rings is 1. The minimum atomic E-state index is -0.138. The number of carbonyl (C=O) groups excluding carboxylic acids is 1. The number of rotatable bonds is 4. The van der Waals surface area contributed by atoms with Gasteiger partial charge in [-0.15, -0.1) is 0 Å². The van der Waals surface area contributed by atoms with E-state index >= 15 is 0 Å². The number of urea groups is 1. The first-order valence-electron chi connectivity index (χ1n) is 8.49. The van der Waals surface area contributed by atoms with Crippen molar-refractivity contribution in [3.63, 3.8) is 0 Å². The number of hydrogen-bond acceptors (Lipinski definition) is 5. The number of nitrogens with one attached hydrogen (secondary N) is 1. The Bertz CT molecular complexity index is 740. The quantitative estimate of drug-likeness (QED) is 0.832. The highest BCUT2D eigenvalue weighted by Crippen LogP contribution is 2.25. The van der Waals surface area contributed by atoms with Gasteiger partial charge in [-0.2, -0.15) is 0 Å². The number of hydrogen-bond donors (Lipinski definition) is 1. The molecule has 138 valence electrons. The summed E-state index contributed by atoms with van der Waals surface area (Å²) in [5.74, 6) is 1.39. The maximum atomic E-state index is 12.3. The highest BCUT2D eigenvalue weighted by atomic mass is 35.5. The number of nitrogens with zero attached hydrogens (tertiary/aromatic N) is 4. The van der Waals surface area contributed by atoms with Crippen molar-refractivity contribution in [1.82, 2.24) is 20.2 Å². The van der Waals surface area contributed by atoms with Gasteiger partial charge in [-0.1, -0.05) is 11.6 Å². The number of carbonyl (C=O) groups is 1. The van der Waals surface area contributed by atoms with Crippen molar-refractivity contribution < 1.29 is 9.53 Å². The van der Waals surface area contributed by atoms with E-state index in [1.807, 2.05) is 26.0 Å². The van der Waals surface area contributed by atoms with Crippen LogP contribution in [0.4, 0.5) is 10.7 Å². The Balaban J connectivity index is 1.45. The maximum Gasteiger partial charge on any atom is 0.320 e. The second kappa shape index (κ2) is 8.23. The third kappa shape index (κ3) is 4.35. The van der Waals surface area contributed by atoms with Crippen LogP contribution in [0.2, 0.25) is 5.02 Å². The number of halogens is 1. The van der Waals surface area contributed by atoms with E-state index in [0.29, 0.717) is 37.9 Å². The first-order chi connectivity index (χ1) is 12.5. The molecule has 2 heterocycles. The van der Waals surface area contributed by atoms with Gasteiger partial charge in [0.05, 0.1) is 0 Å². The summed E-state index contributed by atoms with van der Waals surface area (Å²) in [5, 5.41) is 3.53. The first-order valence-corrected chi connectivity index (χ1v) is 8.86. The number of anilines is 1. The molecule has 8 heteroatoms. The summed E-state index contributed by atoms with van der Waals surface area (Å²) < 4.78 is 5.63. The zero-order chi connectivity index (χ0) is 18.5. The molecule has 3 rings (SSSR count). The van der Waals surface area contributed by atoms with Crippen LogP contribution in [-0.2, 0) is 0 Å². The highest BCUT2D eigenvalue weighted by molar-refractivity contribution is 6.32. The minimum Gasteiger partial charge on any atom is -0.473 e. The summed E-state index contributed by atoms with van der Waals surface area (Å²) in [7, 11) is 0. The van der Waals surface area contributed by atoms with Crippen LogP contribution in [0.25, 0.3) is 0 Å². The third-order valence-electron chi connectivity index (χ3n) is 4.27. The zero-order valence-electron chi connectivity index (χ0n) is 14.9. The van der Waals surface area contributed by atoms with Crippen LogP contribution >= 0.6 is 11.6 Å². The van der Waals surface area contributed by atoms with Crippen LogP contribution < -0.4 is 15.0 Å². The summed E-state index contributed by atoms with van der Waals surface area (Å²) in [6.45, 7) is 6.60. The molecular weight excluding hydrogens is 354 g/mol. The molecule has 1 fully saturated rings. The molecule has 1 N–H and O–H groups in total. The van der Waals surface area contributed by atoms with Crippen molar-refractivity contribution in [2.75, 3.05) is 37.8 Å². The summed E-state index contributed by atoms with van der Waals surface area (Å²) >= 11 is 6.15. The minimum absolute atomic E-state index is 0.112. The average Bonchev–Trinajstić information content (AvgIpc) is 2.67. The van der Waals surface area contributed by atoms with Gasteiger partial charge in [0.1, 0.15) is 5.75 Å². The van der Waals surface area contributed by atoms with E-state index in [2.05, 4.69) is 20.2 Å². The van der Waals surface area contributed by atoms with E-state index in [1.165, 1.54) is 0 Å². The first kappa shape index (κ1) is 18.3. The lowest BCUT2D eigenvalue weighted by atomic mass is 10.1. The maximum absolute atomic E-state index is 12.3. The molecule has 1 aromatic heterocycles. The molecule has 1 saturated heterocycles. The Morgan fingerprint density at radius 3 is 2.38 bits per heavy atom. The van der Waals surface area contributed by atoms with Crippen LogP contribution in [-0.4, -0.2) is 53.8 Å². The fourth-order valence-electron chi connectivity index (χ4n) is 2.85. The van der Waals surface area contributed by atoms with E-state index in [0.717, 1.165) is 16.1 Å². The van der Waals surface area contributed by atoms with Gasteiger partial charge in [0.25, 0.3) is 0 Å². The smallest absolute Gasteiger partial charge is 0.320 e. The van der Waals surface area contributed by atoms with Crippen molar-refractivity contribution in [2.24, 2.45) is 0 Å². The van der Waals surface area contributed by atoms with Crippen LogP contribution in [0.1, 0.15) is 11.1 Å². The number of ether oxygens (including phenoxy) is 1. The molecule has 0 spiro atoms. The van der Waals surface area contributed by atoms with Crippen molar-refractivity contribution in [3.05, 3.63) is 46.7 Å². The molecule has 2 amide bonds. The Morgan fingerprint density at radius 1 is 1.15 bits per heavy atom. The molecule has 0 saturated carbocycles. The van der Waals surface area contributed by atoms with Gasteiger partial charge >= 0.3 is 6.03 Å². The lowest BCUT2D eigenvalue weighted by Gasteiger charge is -2.34. The topological polar surface area (TPSA) is 70.6 Å². The van der Waals surface area contributed by atoms with Gasteiger partial charge in [0, 0.05) is 43.6 Å². The third-order valence-corrected chi connectivity index (χ3v) is 4.87. The van der Waals surface area contributed by atoms with E-state index < -0.39 is 0 Å². The van der Waals surface area contributed by atoms with Crippen LogP contribution in [0, 0.1) is 13.8 Å². The summed E-state index contributed by atoms with van der Waals surface area (Å²) in [4.78, 5) is 24.6. The molecule has 26 heavy (non-hydrogen) atoms. The molecule has 0 unspecified atom stereocenters. The number of aromatic nitrogens is 2. The van der Waals surface area contributed by atoms with E-state index in [1.54, 1.807) is 23.4 Å². The Morgan fingerprint density at radius 2 is 1.77 bits per heavy atom.